The normalized spacial score (nSPS) is 10.8. The Labute approximate surface area is 90.5 Å². The van der Waals surface area contributed by atoms with Crippen molar-refractivity contribution in [3.05, 3.63) is 22.9 Å². The number of hydrogen-bond acceptors (Lipinski definition) is 2. The van der Waals surface area contributed by atoms with Crippen LogP contribution in [0.1, 0.15) is 26.7 Å². The Bertz CT molecular complexity index is 328. The maximum Gasteiger partial charge on any atom is 0.328 e. The monoisotopic (exact) mass is 212 g/mol. The van der Waals surface area contributed by atoms with Crippen molar-refractivity contribution in [1.82, 2.24) is 9.13 Å². The van der Waals surface area contributed by atoms with Gasteiger partial charge in [0.1, 0.15) is 0 Å². The molecule has 0 unspecified atom stereocenters. The number of unbranched alkanes of at least 4 members (excludes halogenated alkanes) is 1. The molecular weight excluding hydrogens is 192 g/mol. The molecule has 1 heterocycles. The Hall–Kier alpha value is -1.03. The second-order valence-corrected chi connectivity index (χ2v) is 3.53. The molecule has 0 atom stereocenters. The van der Waals surface area contributed by atoms with Crippen molar-refractivity contribution in [2.24, 2.45) is 0 Å². The summed E-state index contributed by atoms with van der Waals surface area (Å²) in [5.74, 6) is 0. The van der Waals surface area contributed by atoms with Gasteiger partial charge in [-0.2, -0.15) is 0 Å². The lowest BCUT2D eigenvalue weighted by Gasteiger charge is -2.03. The summed E-state index contributed by atoms with van der Waals surface area (Å²) in [4.78, 5) is 11.6. The van der Waals surface area contributed by atoms with Crippen molar-refractivity contribution < 1.29 is 4.74 Å². The lowest BCUT2D eigenvalue weighted by atomic mass is 10.4. The Morgan fingerprint density at radius 1 is 1.20 bits per heavy atom. The number of ether oxygens (including phenoxy) is 1. The molecule has 0 radical (unpaired) electrons. The van der Waals surface area contributed by atoms with Crippen molar-refractivity contribution in [1.29, 1.82) is 0 Å². The van der Waals surface area contributed by atoms with Gasteiger partial charge in [0.15, 0.2) is 0 Å². The first-order chi connectivity index (χ1) is 7.29. The van der Waals surface area contributed by atoms with E-state index in [1.54, 1.807) is 9.13 Å². The van der Waals surface area contributed by atoms with Gasteiger partial charge in [-0.15, -0.1) is 0 Å². The van der Waals surface area contributed by atoms with Gasteiger partial charge in [0.2, 0.25) is 0 Å². The summed E-state index contributed by atoms with van der Waals surface area (Å²) in [5, 5.41) is 0. The van der Waals surface area contributed by atoms with Gasteiger partial charge in [0.05, 0.1) is 13.2 Å². The average Bonchev–Trinajstić information content (AvgIpc) is 2.60. The summed E-state index contributed by atoms with van der Waals surface area (Å²) in [6.07, 6.45) is 5.86. The van der Waals surface area contributed by atoms with Crippen LogP contribution in [-0.2, 0) is 17.8 Å². The molecule has 0 aliphatic rings. The van der Waals surface area contributed by atoms with Gasteiger partial charge in [-0.05, 0) is 13.3 Å². The molecule has 1 aromatic rings. The third kappa shape index (κ3) is 3.55. The third-order valence-electron chi connectivity index (χ3n) is 2.38. The molecule has 15 heavy (non-hydrogen) atoms. The van der Waals surface area contributed by atoms with E-state index in [4.69, 9.17) is 4.74 Å². The molecule has 1 rings (SSSR count). The maximum absolute atomic E-state index is 11.6. The fourth-order valence-electron chi connectivity index (χ4n) is 1.38. The van der Waals surface area contributed by atoms with Crippen molar-refractivity contribution in [3.8, 4) is 0 Å². The number of hydrogen-bond donors (Lipinski definition) is 0. The molecule has 0 fully saturated rings. The largest absolute Gasteiger partial charge is 0.380 e. The Morgan fingerprint density at radius 2 is 1.93 bits per heavy atom. The fourth-order valence-corrected chi connectivity index (χ4v) is 1.38. The molecule has 86 valence electrons. The van der Waals surface area contributed by atoms with Crippen LogP contribution in [0.15, 0.2) is 17.2 Å². The third-order valence-corrected chi connectivity index (χ3v) is 2.38. The number of aryl methyl sites for hydroxylation is 1. The van der Waals surface area contributed by atoms with Crippen LogP contribution in [0.2, 0.25) is 0 Å². The Balaban J connectivity index is 2.31. The number of aromatic nitrogens is 2. The van der Waals surface area contributed by atoms with Crippen LogP contribution in [0.5, 0.6) is 0 Å². The van der Waals surface area contributed by atoms with E-state index < -0.39 is 0 Å². The Kier molecular flexibility index (Phi) is 5.18. The summed E-state index contributed by atoms with van der Waals surface area (Å²) < 4.78 is 8.78. The molecule has 0 saturated heterocycles. The van der Waals surface area contributed by atoms with Gasteiger partial charge in [-0.3, -0.25) is 9.13 Å². The van der Waals surface area contributed by atoms with E-state index in [1.165, 1.54) is 0 Å². The van der Waals surface area contributed by atoms with E-state index in [1.807, 2.05) is 19.3 Å². The zero-order valence-electron chi connectivity index (χ0n) is 9.61. The van der Waals surface area contributed by atoms with Crippen LogP contribution in [0, 0.1) is 0 Å². The van der Waals surface area contributed by atoms with Gasteiger partial charge in [0, 0.05) is 25.5 Å². The highest BCUT2D eigenvalue weighted by atomic mass is 16.5. The standard InChI is InChI=1S/C11H20N2O2/c1-3-5-9-15-10-8-13-7-6-12(4-2)11(13)14/h6-7H,3-5,8-10H2,1-2H3. The first-order valence-electron chi connectivity index (χ1n) is 5.63. The van der Waals surface area contributed by atoms with Gasteiger partial charge in [0.25, 0.3) is 0 Å². The molecule has 0 saturated carbocycles. The average molecular weight is 212 g/mol. The minimum atomic E-state index is 0.0524. The lowest BCUT2D eigenvalue weighted by molar-refractivity contribution is 0.122. The minimum absolute atomic E-state index is 0.0524. The number of imidazole rings is 1. The van der Waals surface area contributed by atoms with E-state index in [-0.39, 0.29) is 5.69 Å². The number of rotatable bonds is 7. The zero-order valence-corrected chi connectivity index (χ0v) is 9.61. The minimum Gasteiger partial charge on any atom is -0.380 e. The van der Waals surface area contributed by atoms with E-state index >= 15 is 0 Å². The van der Waals surface area contributed by atoms with Crippen molar-refractivity contribution in [2.45, 2.75) is 39.8 Å². The van der Waals surface area contributed by atoms with Crippen LogP contribution >= 0.6 is 0 Å². The van der Waals surface area contributed by atoms with Crippen molar-refractivity contribution in [3.63, 3.8) is 0 Å². The molecule has 0 aromatic carbocycles. The van der Waals surface area contributed by atoms with Crippen LogP contribution in [0.25, 0.3) is 0 Å². The highest BCUT2D eigenvalue weighted by Crippen LogP contribution is 1.90. The molecule has 0 aliphatic heterocycles. The van der Waals surface area contributed by atoms with E-state index in [2.05, 4.69) is 6.92 Å². The molecule has 4 heteroatoms. The summed E-state index contributed by atoms with van der Waals surface area (Å²) in [6.45, 7) is 6.88. The first kappa shape index (κ1) is 12.0. The van der Waals surface area contributed by atoms with E-state index in [0.29, 0.717) is 13.2 Å². The lowest BCUT2D eigenvalue weighted by Crippen LogP contribution is -2.25. The molecule has 0 N–H and O–H groups in total. The smallest absolute Gasteiger partial charge is 0.328 e. The van der Waals surface area contributed by atoms with Crippen LogP contribution in [-0.4, -0.2) is 22.3 Å². The van der Waals surface area contributed by atoms with Crippen molar-refractivity contribution in [2.75, 3.05) is 13.2 Å². The molecular formula is C11H20N2O2. The summed E-state index contributed by atoms with van der Waals surface area (Å²) in [7, 11) is 0. The van der Waals surface area contributed by atoms with Gasteiger partial charge in [-0.1, -0.05) is 13.3 Å². The predicted octanol–water partition coefficient (Wildman–Crippen LogP) is 1.49. The highest BCUT2D eigenvalue weighted by molar-refractivity contribution is 4.80. The van der Waals surface area contributed by atoms with E-state index in [9.17, 15) is 4.79 Å². The first-order valence-corrected chi connectivity index (χ1v) is 5.63. The quantitative estimate of drug-likeness (QED) is 0.642. The SMILES string of the molecule is CCCCOCCn1ccn(CC)c1=O. The maximum atomic E-state index is 11.6. The molecule has 0 amide bonds. The summed E-state index contributed by atoms with van der Waals surface area (Å²) in [6, 6.07) is 0. The second-order valence-electron chi connectivity index (χ2n) is 3.53. The topological polar surface area (TPSA) is 36.2 Å². The highest BCUT2D eigenvalue weighted by Gasteiger charge is 2.00. The summed E-state index contributed by atoms with van der Waals surface area (Å²) in [5.41, 5.74) is 0.0524. The van der Waals surface area contributed by atoms with Crippen LogP contribution in [0.3, 0.4) is 0 Å². The molecule has 1 aromatic heterocycles. The fraction of sp³-hybridized carbons (Fsp3) is 0.727. The van der Waals surface area contributed by atoms with E-state index in [0.717, 1.165) is 26.0 Å². The van der Waals surface area contributed by atoms with Gasteiger partial charge < -0.3 is 4.74 Å². The van der Waals surface area contributed by atoms with Gasteiger partial charge in [-0.25, -0.2) is 4.79 Å². The molecule has 4 nitrogen and oxygen atoms in total. The predicted molar refractivity (Wildman–Crippen MR) is 60.1 cm³/mol. The van der Waals surface area contributed by atoms with Gasteiger partial charge >= 0.3 is 5.69 Å². The molecule has 0 spiro atoms. The zero-order chi connectivity index (χ0) is 11.1. The Morgan fingerprint density at radius 3 is 2.53 bits per heavy atom. The van der Waals surface area contributed by atoms with Crippen LogP contribution in [0.4, 0.5) is 0 Å². The summed E-state index contributed by atoms with van der Waals surface area (Å²) >= 11 is 0. The van der Waals surface area contributed by atoms with Crippen LogP contribution < -0.4 is 5.69 Å². The number of nitrogens with zero attached hydrogens (tertiary/aromatic N) is 2. The molecule has 0 aliphatic carbocycles. The molecule has 0 bridgehead atoms. The second kappa shape index (κ2) is 6.45. The van der Waals surface area contributed by atoms with Crippen molar-refractivity contribution >= 4 is 0 Å².